The minimum absolute atomic E-state index is 0.0832. The average molecular weight is 250 g/mol. The van der Waals surface area contributed by atoms with Gasteiger partial charge < -0.3 is 15.8 Å². The summed E-state index contributed by atoms with van der Waals surface area (Å²) in [6.45, 7) is 6.04. The van der Waals surface area contributed by atoms with Crippen molar-refractivity contribution >= 4 is 0 Å². The van der Waals surface area contributed by atoms with Crippen molar-refractivity contribution in [2.24, 2.45) is 5.73 Å². The molecule has 0 heterocycles. The van der Waals surface area contributed by atoms with Gasteiger partial charge in [-0.25, -0.2) is 0 Å². The number of nitrogens with one attached hydrogen (secondary N) is 1. The first-order valence-corrected chi connectivity index (χ1v) is 6.71. The molecule has 3 heteroatoms. The van der Waals surface area contributed by atoms with Crippen LogP contribution in [0.2, 0.25) is 0 Å². The normalized spacial score (nSPS) is 14.2. The summed E-state index contributed by atoms with van der Waals surface area (Å²) in [6, 6.07) is 8.28. The van der Waals surface area contributed by atoms with Crippen LogP contribution in [0.3, 0.4) is 0 Å². The van der Waals surface area contributed by atoms with Crippen molar-refractivity contribution in [3.05, 3.63) is 29.8 Å². The highest BCUT2D eigenvalue weighted by Crippen LogP contribution is 2.13. The van der Waals surface area contributed by atoms with Crippen LogP contribution >= 0.6 is 0 Å². The predicted molar refractivity (Wildman–Crippen MR) is 77.1 cm³/mol. The molecule has 1 atom stereocenters. The van der Waals surface area contributed by atoms with Crippen molar-refractivity contribution in [1.29, 1.82) is 0 Å². The van der Waals surface area contributed by atoms with E-state index in [-0.39, 0.29) is 5.54 Å². The van der Waals surface area contributed by atoms with Gasteiger partial charge in [0.05, 0.1) is 7.11 Å². The van der Waals surface area contributed by atoms with Gasteiger partial charge in [-0.15, -0.1) is 0 Å². The number of hydrogen-bond acceptors (Lipinski definition) is 3. The molecule has 0 bridgehead atoms. The van der Waals surface area contributed by atoms with Gasteiger partial charge in [-0.2, -0.15) is 0 Å². The molecule has 1 unspecified atom stereocenters. The van der Waals surface area contributed by atoms with E-state index in [1.165, 1.54) is 5.56 Å². The van der Waals surface area contributed by atoms with E-state index in [4.69, 9.17) is 10.5 Å². The van der Waals surface area contributed by atoms with Crippen LogP contribution in [-0.2, 0) is 6.42 Å². The Kier molecular flexibility index (Phi) is 6.16. The van der Waals surface area contributed by atoms with Crippen molar-refractivity contribution in [1.82, 2.24) is 5.32 Å². The predicted octanol–water partition coefficient (Wildman–Crippen LogP) is 2.34. The summed E-state index contributed by atoms with van der Waals surface area (Å²) in [5.41, 5.74) is 7.20. The highest BCUT2D eigenvalue weighted by atomic mass is 16.5. The smallest absolute Gasteiger partial charge is 0.118 e. The topological polar surface area (TPSA) is 47.3 Å². The van der Waals surface area contributed by atoms with Crippen LogP contribution in [0.5, 0.6) is 5.75 Å². The second-order valence-electron chi connectivity index (χ2n) is 5.00. The van der Waals surface area contributed by atoms with Gasteiger partial charge in [0.2, 0.25) is 0 Å². The van der Waals surface area contributed by atoms with E-state index in [1.807, 2.05) is 12.1 Å². The highest BCUT2D eigenvalue weighted by molar-refractivity contribution is 5.27. The fraction of sp³-hybridized carbons (Fsp3) is 0.600. The molecule has 102 valence electrons. The molecule has 0 saturated carbocycles. The summed E-state index contributed by atoms with van der Waals surface area (Å²) in [5, 5.41) is 3.54. The Morgan fingerprint density at radius 1 is 1.28 bits per heavy atom. The fourth-order valence-electron chi connectivity index (χ4n) is 1.82. The molecule has 3 nitrogen and oxygen atoms in total. The minimum atomic E-state index is 0.0832. The number of hydrogen-bond donors (Lipinski definition) is 2. The zero-order chi connectivity index (χ0) is 13.4. The van der Waals surface area contributed by atoms with Gasteiger partial charge in [0.15, 0.2) is 0 Å². The van der Waals surface area contributed by atoms with E-state index >= 15 is 0 Å². The molecule has 0 saturated heterocycles. The molecule has 0 aliphatic carbocycles. The van der Waals surface area contributed by atoms with Crippen molar-refractivity contribution < 1.29 is 4.74 Å². The third-order valence-electron chi connectivity index (χ3n) is 3.58. The van der Waals surface area contributed by atoms with E-state index in [9.17, 15) is 0 Å². The van der Waals surface area contributed by atoms with Crippen LogP contribution in [-0.4, -0.2) is 25.7 Å². The molecule has 3 N–H and O–H groups in total. The molecule has 1 rings (SSSR count). The van der Waals surface area contributed by atoms with Crippen LogP contribution in [0.1, 0.15) is 32.3 Å². The maximum atomic E-state index is 5.77. The first-order valence-electron chi connectivity index (χ1n) is 6.71. The largest absolute Gasteiger partial charge is 0.497 e. The second-order valence-corrected chi connectivity index (χ2v) is 5.00. The van der Waals surface area contributed by atoms with E-state index in [0.717, 1.165) is 31.6 Å². The molecule has 1 aromatic carbocycles. The Morgan fingerprint density at radius 2 is 1.94 bits per heavy atom. The second kappa shape index (κ2) is 7.39. The molecular formula is C15H26N2O. The Hall–Kier alpha value is -1.06. The zero-order valence-electron chi connectivity index (χ0n) is 11.8. The summed E-state index contributed by atoms with van der Waals surface area (Å²) >= 11 is 0. The monoisotopic (exact) mass is 250 g/mol. The standard InChI is InChI=1S/C15H26N2O/c1-4-15(2,12-16)17-11-5-6-13-7-9-14(18-3)10-8-13/h7-10,17H,4-6,11-12,16H2,1-3H3. The SMILES string of the molecule is CCC(C)(CN)NCCCc1ccc(OC)cc1. The highest BCUT2D eigenvalue weighted by Gasteiger charge is 2.17. The van der Waals surface area contributed by atoms with Crippen molar-refractivity contribution in [3.63, 3.8) is 0 Å². The number of aryl methyl sites for hydroxylation is 1. The minimum Gasteiger partial charge on any atom is -0.497 e. The van der Waals surface area contributed by atoms with Gasteiger partial charge in [-0.05, 0) is 50.4 Å². The van der Waals surface area contributed by atoms with Gasteiger partial charge in [0, 0.05) is 12.1 Å². The fourth-order valence-corrected chi connectivity index (χ4v) is 1.82. The number of methoxy groups -OCH3 is 1. The molecule has 0 aliphatic rings. The molecule has 1 aromatic rings. The van der Waals surface area contributed by atoms with Gasteiger partial charge in [-0.3, -0.25) is 0 Å². The van der Waals surface area contributed by atoms with E-state index in [0.29, 0.717) is 6.54 Å². The van der Waals surface area contributed by atoms with Crippen LogP contribution in [0.15, 0.2) is 24.3 Å². The van der Waals surface area contributed by atoms with E-state index < -0.39 is 0 Å². The Labute approximate surface area is 111 Å². The molecular weight excluding hydrogens is 224 g/mol. The average Bonchev–Trinajstić information content (AvgIpc) is 2.44. The van der Waals surface area contributed by atoms with Crippen molar-refractivity contribution in [3.8, 4) is 5.75 Å². The lowest BCUT2D eigenvalue weighted by atomic mass is 9.99. The van der Waals surface area contributed by atoms with Crippen LogP contribution in [0, 0.1) is 0 Å². The molecule has 0 aromatic heterocycles. The number of ether oxygens (including phenoxy) is 1. The summed E-state index contributed by atoms with van der Waals surface area (Å²) in [7, 11) is 1.69. The molecule has 18 heavy (non-hydrogen) atoms. The maximum Gasteiger partial charge on any atom is 0.118 e. The molecule has 0 aliphatic heterocycles. The summed E-state index contributed by atoms with van der Waals surface area (Å²) in [6.07, 6.45) is 3.27. The number of nitrogens with two attached hydrogens (primary N) is 1. The Balaban J connectivity index is 2.29. The Morgan fingerprint density at radius 3 is 2.44 bits per heavy atom. The first-order chi connectivity index (χ1) is 8.63. The van der Waals surface area contributed by atoms with Crippen LogP contribution < -0.4 is 15.8 Å². The third-order valence-corrected chi connectivity index (χ3v) is 3.58. The summed E-state index contributed by atoms with van der Waals surface area (Å²) < 4.78 is 5.14. The van der Waals surface area contributed by atoms with Gasteiger partial charge in [0.25, 0.3) is 0 Å². The lowest BCUT2D eigenvalue weighted by Crippen LogP contribution is -2.48. The lowest BCUT2D eigenvalue weighted by Gasteiger charge is -2.28. The quantitative estimate of drug-likeness (QED) is 0.696. The van der Waals surface area contributed by atoms with E-state index in [1.54, 1.807) is 7.11 Å². The van der Waals surface area contributed by atoms with Gasteiger partial charge in [0.1, 0.15) is 5.75 Å². The maximum absolute atomic E-state index is 5.77. The lowest BCUT2D eigenvalue weighted by molar-refractivity contribution is 0.351. The molecule has 0 amide bonds. The van der Waals surface area contributed by atoms with Gasteiger partial charge in [-0.1, -0.05) is 19.1 Å². The number of rotatable bonds is 8. The van der Waals surface area contributed by atoms with Crippen LogP contribution in [0.4, 0.5) is 0 Å². The summed E-state index contributed by atoms with van der Waals surface area (Å²) in [5.74, 6) is 0.915. The summed E-state index contributed by atoms with van der Waals surface area (Å²) in [4.78, 5) is 0. The Bertz CT molecular complexity index is 331. The van der Waals surface area contributed by atoms with Crippen molar-refractivity contribution in [2.45, 2.75) is 38.6 Å². The molecule has 0 spiro atoms. The van der Waals surface area contributed by atoms with Crippen LogP contribution in [0.25, 0.3) is 0 Å². The van der Waals surface area contributed by atoms with E-state index in [2.05, 4.69) is 31.3 Å². The van der Waals surface area contributed by atoms with Gasteiger partial charge >= 0.3 is 0 Å². The zero-order valence-corrected chi connectivity index (χ0v) is 11.8. The third kappa shape index (κ3) is 4.67. The molecule has 0 fully saturated rings. The number of benzene rings is 1. The molecule has 0 radical (unpaired) electrons. The van der Waals surface area contributed by atoms with Crippen molar-refractivity contribution in [2.75, 3.05) is 20.2 Å². The first kappa shape index (κ1) is 15.0.